The van der Waals surface area contributed by atoms with Crippen molar-refractivity contribution in [2.75, 3.05) is 13.1 Å². The first kappa shape index (κ1) is 30.1. The molecule has 0 saturated carbocycles. The van der Waals surface area contributed by atoms with Crippen LogP contribution >= 0.6 is 0 Å². The lowest BCUT2D eigenvalue weighted by Crippen LogP contribution is -2.53. The average Bonchev–Trinajstić information content (AvgIpc) is 3.05. The first-order valence-corrected chi connectivity index (χ1v) is 12.5. The second-order valence-corrected chi connectivity index (χ2v) is 9.40. The van der Waals surface area contributed by atoms with Gasteiger partial charge in [-0.15, -0.1) is 0 Å². The first-order chi connectivity index (χ1) is 16.5. The Labute approximate surface area is 207 Å². The summed E-state index contributed by atoms with van der Waals surface area (Å²) in [4.78, 5) is 73.3. The number of nitrogens with one attached hydrogen (secondary N) is 3. The monoisotopic (exact) mass is 495 g/mol. The number of hydrogen-bond acceptors (Lipinski definition) is 6. The van der Waals surface area contributed by atoms with E-state index in [-0.39, 0.29) is 48.2 Å². The van der Waals surface area contributed by atoms with E-state index < -0.39 is 24.0 Å². The van der Waals surface area contributed by atoms with E-state index in [2.05, 4.69) is 16.0 Å². The van der Waals surface area contributed by atoms with E-state index in [1.165, 1.54) is 11.8 Å². The highest BCUT2D eigenvalue weighted by atomic mass is 16.2. The van der Waals surface area contributed by atoms with Crippen LogP contribution in [0.5, 0.6) is 0 Å². The summed E-state index contributed by atoms with van der Waals surface area (Å²) in [6.07, 6.45) is 3.81. The Kier molecular flexibility index (Phi) is 13.0. The molecule has 1 heterocycles. The van der Waals surface area contributed by atoms with E-state index in [1.54, 1.807) is 13.8 Å². The molecule has 1 rings (SSSR count). The molecule has 1 aliphatic heterocycles. The van der Waals surface area contributed by atoms with Crippen molar-refractivity contribution < 1.29 is 28.8 Å². The summed E-state index contributed by atoms with van der Waals surface area (Å²) in [5.74, 6) is -1.56. The van der Waals surface area contributed by atoms with Crippen molar-refractivity contribution in [1.29, 1.82) is 0 Å². The van der Waals surface area contributed by atoms with Crippen LogP contribution in [0.2, 0.25) is 0 Å². The van der Waals surface area contributed by atoms with Crippen LogP contribution in [0.25, 0.3) is 0 Å². The number of ketones is 1. The number of urea groups is 1. The summed E-state index contributed by atoms with van der Waals surface area (Å²) >= 11 is 0. The normalized spacial score (nSPS) is 17.3. The van der Waals surface area contributed by atoms with Crippen molar-refractivity contribution in [1.82, 2.24) is 20.9 Å². The minimum absolute atomic E-state index is 0.103. The third-order valence-electron chi connectivity index (χ3n) is 6.16. The molecule has 3 atom stereocenters. The molecule has 0 radical (unpaired) electrons. The summed E-state index contributed by atoms with van der Waals surface area (Å²) in [5, 5.41) is 7.88. The Morgan fingerprint density at radius 2 is 1.74 bits per heavy atom. The van der Waals surface area contributed by atoms with Gasteiger partial charge in [0.05, 0.1) is 6.04 Å². The van der Waals surface area contributed by atoms with E-state index in [0.29, 0.717) is 51.6 Å². The minimum atomic E-state index is -0.793. The van der Waals surface area contributed by atoms with Crippen molar-refractivity contribution in [3.63, 3.8) is 0 Å². The zero-order chi connectivity index (χ0) is 26.5. The fourth-order valence-electron chi connectivity index (χ4n) is 3.97. The molecule has 198 valence electrons. The topological polar surface area (TPSA) is 168 Å². The minimum Gasteiger partial charge on any atom is -0.352 e. The number of unbranched alkanes of at least 4 members (excludes halogenated alkanes) is 2. The molecule has 0 aromatic carbocycles. The average molecular weight is 496 g/mol. The highest BCUT2D eigenvalue weighted by Gasteiger charge is 2.36. The van der Waals surface area contributed by atoms with Crippen LogP contribution in [0.1, 0.15) is 79.1 Å². The van der Waals surface area contributed by atoms with Gasteiger partial charge < -0.3 is 21.7 Å². The molecule has 0 aromatic rings. The van der Waals surface area contributed by atoms with Gasteiger partial charge in [0.25, 0.3) is 0 Å². The van der Waals surface area contributed by atoms with Gasteiger partial charge in [0.1, 0.15) is 6.04 Å². The second-order valence-electron chi connectivity index (χ2n) is 9.40. The number of nitrogens with zero attached hydrogens (tertiary/aromatic N) is 1. The van der Waals surface area contributed by atoms with Gasteiger partial charge in [0, 0.05) is 31.8 Å². The van der Waals surface area contributed by atoms with Gasteiger partial charge in [0.2, 0.25) is 23.6 Å². The molecule has 0 spiro atoms. The van der Waals surface area contributed by atoms with Gasteiger partial charge in [-0.1, -0.05) is 27.2 Å². The fraction of sp³-hybridized carbons (Fsp3) is 0.750. The van der Waals surface area contributed by atoms with Crippen molar-refractivity contribution in [2.24, 2.45) is 17.6 Å². The highest BCUT2D eigenvalue weighted by molar-refractivity contribution is 6.03. The maximum atomic E-state index is 12.8. The summed E-state index contributed by atoms with van der Waals surface area (Å²) in [6.45, 7) is 7.54. The van der Waals surface area contributed by atoms with Crippen molar-refractivity contribution in [3.8, 4) is 0 Å². The molecule has 35 heavy (non-hydrogen) atoms. The maximum absolute atomic E-state index is 12.8. The molecule has 1 saturated heterocycles. The Bertz CT molecular complexity index is 784. The van der Waals surface area contributed by atoms with E-state index in [9.17, 15) is 28.8 Å². The molecular formula is C24H41N5O6. The van der Waals surface area contributed by atoms with Gasteiger partial charge in [-0.05, 0) is 44.9 Å². The Balaban J connectivity index is 2.44. The van der Waals surface area contributed by atoms with Crippen molar-refractivity contribution in [2.45, 2.75) is 91.1 Å². The Hall–Kier alpha value is -2.98. The number of amides is 6. The van der Waals surface area contributed by atoms with Crippen LogP contribution in [0.3, 0.4) is 0 Å². The molecular weight excluding hydrogens is 454 g/mol. The van der Waals surface area contributed by atoms with Crippen LogP contribution in [-0.2, 0) is 24.0 Å². The lowest BCUT2D eigenvalue weighted by Gasteiger charge is -2.24. The van der Waals surface area contributed by atoms with Gasteiger partial charge in [-0.3, -0.25) is 28.9 Å². The van der Waals surface area contributed by atoms with E-state index in [0.717, 1.165) is 0 Å². The van der Waals surface area contributed by atoms with Crippen LogP contribution in [0.15, 0.2) is 0 Å². The number of likely N-dealkylation sites (tertiary alicyclic amines) is 1. The molecule has 0 bridgehead atoms. The molecule has 11 heteroatoms. The number of Topliss-reactive ketones (excluding diaryl/α,β-unsaturated/α-hetero) is 1. The van der Waals surface area contributed by atoms with Crippen LogP contribution in [0.4, 0.5) is 4.79 Å². The fourth-order valence-corrected chi connectivity index (χ4v) is 3.97. The Morgan fingerprint density at radius 3 is 2.29 bits per heavy atom. The number of imide groups is 1. The standard InChI is InChI=1S/C24H41N5O6/c1-5-17-14-20(32)29(23(17)34)13-8-6-7-11-19(31)28-21(15(2)3)22(33)27-18(16(4)30)10-9-12-26-24(25)35/h15,17-18,21H,5-14H2,1-4H3,(H,27,33)(H,28,31)(H3,25,26,35). The first-order valence-electron chi connectivity index (χ1n) is 12.5. The number of rotatable bonds is 16. The molecule has 1 fully saturated rings. The second kappa shape index (κ2) is 15.1. The van der Waals surface area contributed by atoms with Gasteiger partial charge >= 0.3 is 6.03 Å². The lowest BCUT2D eigenvalue weighted by molar-refractivity contribution is -0.139. The third kappa shape index (κ3) is 10.4. The summed E-state index contributed by atoms with van der Waals surface area (Å²) in [7, 11) is 0. The Morgan fingerprint density at radius 1 is 1.06 bits per heavy atom. The third-order valence-corrected chi connectivity index (χ3v) is 6.16. The number of carbonyl (C=O) groups excluding carboxylic acids is 6. The van der Waals surface area contributed by atoms with E-state index >= 15 is 0 Å². The number of nitrogens with two attached hydrogens (primary N) is 1. The van der Waals surface area contributed by atoms with Crippen LogP contribution < -0.4 is 21.7 Å². The van der Waals surface area contributed by atoms with E-state index in [4.69, 9.17) is 5.73 Å². The largest absolute Gasteiger partial charge is 0.352 e. The molecule has 0 aromatic heterocycles. The quantitative estimate of drug-likeness (QED) is 0.184. The van der Waals surface area contributed by atoms with Crippen molar-refractivity contribution in [3.05, 3.63) is 0 Å². The predicted octanol–water partition coefficient (Wildman–Crippen LogP) is 0.995. The lowest BCUT2D eigenvalue weighted by atomic mass is 10.0. The van der Waals surface area contributed by atoms with Gasteiger partial charge in [-0.25, -0.2) is 4.79 Å². The molecule has 11 nitrogen and oxygen atoms in total. The molecule has 5 N–H and O–H groups in total. The highest BCUT2D eigenvalue weighted by Crippen LogP contribution is 2.22. The van der Waals surface area contributed by atoms with Crippen LogP contribution in [0, 0.1) is 11.8 Å². The van der Waals surface area contributed by atoms with Gasteiger partial charge in [0.15, 0.2) is 5.78 Å². The summed E-state index contributed by atoms with van der Waals surface area (Å²) < 4.78 is 0. The predicted molar refractivity (Wildman–Crippen MR) is 130 cm³/mol. The molecule has 3 unspecified atom stereocenters. The summed E-state index contributed by atoms with van der Waals surface area (Å²) in [5.41, 5.74) is 5.01. The molecule has 0 aliphatic carbocycles. The van der Waals surface area contributed by atoms with Gasteiger partial charge in [-0.2, -0.15) is 0 Å². The smallest absolute Gasteiger partial charge is 0.312 e. The number of carbonyl (C=O) groups is 6. The summed E-state index contributed by atoms with van der Waals surface area (Å²) in [6, 6.07) is -2.17. The molecule has 1 aliphatic rings. The van der Waals surface area contributed by atoms with Crippen LogP contribution in [-0.4, -0.2) is 65.5 Å². The number of hydrogen-bond donors (Lipinski definition) is 4. The number of primary amides is 1. The maximum Gasteiger partial charge on any atom is 0.312 e. The van der Waals surface area contributed by atoms with E-state index in [1.807, 2.05) is 6.92 Å². The zero-order valence-electron chi connectivity index (χ0n) is 21.4. The zero-order valence-corrected chi connectivity index (χ0v) is 21.4. The van der Waals surface area contributed by atoms with Crippen molar-refractivity contribution >= 4 is 35.4 Å². The SMILES string of the molecule is CCC1CC(=O)N(CCCCCC(=O)NC(C(=O)NC(CCCNC(N)=O)C(C)=O)C(C)C)C1=O. The molecule has 6 amide bonds.